The van der Waals surface area contributed by atoms with Gasteiger partial charge in [-0.3, -0.25) is 9.89 Å². The molecule has 0 spiro atoms. The summed E-state index contributed by atoms with van der Waals surface area (Å²) < 4.78 is 5.60. The molecule has 0 bridgehead atoms. The summed E-state index contributed by atoms with van der Waals surface area (Å²) in [5.74, 6) is 1.47. The molecular weight excluding hydrogens is 358 g/mol. The van der Waals surface area contributed by atoms with Gasteiger partial charge in [0.2, 0.25) is 5.88 Å². The Bertz CT molecular complexity index is 713. The molecule has 7 heteroatoms. The second kappa shape index (κ2) is 10.3. The van der Waals surface area contributed by atoms with Crippen molar-refractivity contribution in [2.24, 2.45) is 4.99 Å². The number of hydrogen-bond acceptors (Lipinski definition) is 5. The molecule has 1 aliphatic heterocycles. The summed E-state index contributed by atoms with van der Waals surface area (Å²) in [6, 6.07) is 8.71. The van der Waals surface area contributed by atoms with Gasteiger partial charge in [0.05, 0.1) is 12.6 Å². The molecule has 1 unspecified atom stereocenters. The number of guanidine groups is 1. The third kappa shape index (κ3) is 5.43. The quantitative estimate of drug-likeness (QED) is 0.538. The van der Waals surface area contributed by atoms with E-state index >= 15 is 0 Å². The number of ether oxygens (including phenoxy) is 1. The van der Waals surface area contributed by atoms with Gasteiger partial charge >= 0.3 is 0 Å². The zero-order valence-electron chi connectivity index (χ0n) is 16.1. The van der Waals surface area contributed by atoms with Crippen LogP contribution < -0.4 is 15.4 Å². The predicted molar refractivity (Wildman–Crippen MR) is 111 cm³/mol. The second-order valence-electron chi connectivity index (χ2n) is 6.48. The molecule has 0 amide bonds. The van der Waals surface area contributed by atoms with Crippen molar-refractivity contribution in [1.82, 2.24) is 20.5 Å². The Morgan fingerprint density at radius 2 is 2.15 bits per heavy atom. The lowest BCUT2D eigenvalue weighted by atomic mass is 10.2. The number of nitrogens with zero attached hydrogens (tertiary/aromatic N) is 3. The number of thiophene rings is 1. The van der Waals surface area contributed by atoms with Gasteiger partial charge < -0.3 is 15.4 Å². The van der Waals surface area contributed by atoms with Gasteiger partial charge in [-0.15, -0.1) is 11.3 Å². The van der Waals surface area contributed by atoms with Crippen LogP contribution >= 0.6 is 11.3 Å². The van der Waals surface area contributed by atoms with Crippen molar-refractivity contribution in [3.8, 4) is 5.88 Å². The Balaban J connectivity index is 1.58. The Morgan fingerprint density at radius 3 is 2.85 bits per heavy atom. The fraction of sp³-hybridized carbons (Fsp3) is 0.500. The van der Waals surface area contributed by atoms with Crippen LogP contribution in [0.15, 0.2) is 40.8 Å². The number of nitrogens with one attached hydrogen (secondary N) is 2. The first kappa shape index (κ1) is 19.6. The number of hydrogen-bond donors (Lipinski definition) is 2. The van der Waals surface area contributed by atoms with E-state index in [1.165, 1.54) is 30.8 Å². The summed E-state index contributed by atoms with van der Waals surface area (Å²) in [7, 11) is 1.80. The molecule has 3 rings (SSSR count). The molecule has 1 saturated heterocycles. The van der Waals surface area contributed by atoms with Crippen molar-refractivity contribution in [1.29, 1.82) is 0 Å². The summed E-state index contributed by atoms with van der Waals surface area (Å²) in [6.07, 6.45) is 4.33. The van der Waals surface area contributed by atoms with Crippen LogP contribution in [0.2, 0.25) is 0 Å². The number of aliphatic imine (C=N–C) groups is 1. The maximum Gasteiger partial charge on any atom is 0.218 e. The minimum atomic E-state index is 0.392. The first-order valence-electron chi connectivity index (χ1n) is 9.60. The van der Waals surface area contributed by atoms with Crippen LogP contribution in [0.4, 0.5) is 0 Å². The molecule has 146 valence electrons. The molecule has 1 fully saturated rings. The van der Waals surface area contributed by atoms with Crippen LogP contribution in [0.1, 0.15) is 36.2 Å². The molecular formula is C20H29N5OS. The molecule has 6 nitrogen and oxygen atoms in total. The van der Waals surface area contributed by atoms with E-state index < -0.39 is 0 Å². The van der Waals surface area contributed by atoms with Gasteiger partial charge in [0, 0.05) is 36.8 Å². The number of rotatable bonds is 8. The summed E-state index contributed by atoms with van der Waals surface area (Å²) in [6.45, 7) is 6.37. The highest BCUT2D eigenvalue weighted by molar-refractivity contribution is 7.10. The van der Waals surface area contributed by atoms with Gasteiger partial charge in [0.25, 0.3) is 0 Å². The monoisotopic (exact) mass is 387 g/mol. The SMILES string of the molecule is CCOc1ncccc1CNC(=NC)NCC(c1cccs1)N1CCCC1. The first-order chi connectivity index (χ1) is 13.3. The van der Waals surface area contributed by atoms with Crippen LogP contribution in [0.5, 0.6) is 5.88 Å². The second-order valence-corrected chi connectivity index (χ2v) is 7.46. The van der Waals surface area contributed by atoms with Crippen molar-refractivity contribution in [3.63, 3.8) is 0 Å². The topological polar surface area (TPSA) is 61.8 Å². The molecule has 1 atom stereocenters. The first-order valence-corrected chi connectivity index (χ1v) is 10.5. The molecule has 2 N–H and O–H groups in total. The average molecular weight is 388 g/mol. The van der Waals surface area contributed by atoms with E-state index in [1.807, 2.05) is 30.4 Å². The van der Waals surface area contributed by atoms with E-state index in [2.05, 4.69) is 43.0 Å². The van der Waals surface area contributed by atoms with Crippen LogP contribution in [-0.4, -0.2) is 49.1 Å². The van der Waals surface area contributed by atoms with Gasteiger partial charge in [-0.2, -0.15) is 0 Å². The zero-order chi connectivity index (χ0) is 18.9. The smallest absolute Gasteiger partial charge is 0.218 e. The largest absolute Gasteiger partial charge is 0.478 e. The number of likely N-dealkylation sites (tertiary alicyclic amines) is 1. The van der Waals surface area contributed by atoms with Crippen molar-refractivity contribution >= 4 is 17.3 Å². The Kier molecular flexibility index (Phi) is 7.47. The molecule has 3 heterocycles. The molecule has 0 aliphatic carbocycles. The summed E-state index contributed by atoms with van der Waals surface area (Å²) >= 11 is 1.83. The van der Waals surface area contributed by atoms with Gasteiger partial charge in [0.1, 0.15) is 0 Å². The van der Waals surface area contributed by atoms with Gasteiger partial charge in [0.15, 0.2) is 5.96 Å². The van der Waals surface area contributed by atoms with E-state index in [9.17, 15) is 0 Å². The lowest BCUT2D eigenvalue weighted by Crippen LogP contribution is -2.42. The highest BCUT2D eigenvalue weighted by atomic mass is 32.1. The standard InChI is InChI=1S/C20H29N5OS/c1-3-26-19-16(8-6-10-22-19)14-23-20(21-2)24-15-17(18-9-7-13-27-18)25-11-4-5-12-25/h6-10,13,17H,3-5,11-12,14-15H2,1-2H3,(H2,21,23,24). The van der Waals surface area contributed by atoms with Crippen molar-refractivity contribution in [2.75, 3.05) is 33.3 Å². The third-order valence-electron chi connectivity index (χ3n) is 4.72. The molecule has 27 heavy (non-hydrogen) atoms. The molecule has 0 saturated carbocycles. The van der Waals surface area contributed by atoms with E-state index in [4.69, 9.17) is 4.74 Å². The Hall–Kier alpha value is -2.12. The van der Waals surface area contributed by atoms with Crippen LogP contribution in [-0.2, 0) is 6.54 Å². The van der Waals surface area contributed by atoms with E-state index in [1.54, 1.807) is 13.2 Å². The van der Waals surface area contributed by atoms with Gasteiger partial charge in [-0.25, -0.2) is 4.98 Å². The highest BCUT2D eigenvalue weighted by Gasteiger charge is 2.24. The third-order valence-corrected chi connectivity index (χ3v) is 5.69. The molecule has 0 radical (unpaired) electrons. The molecule has 1 aliphatic rings. The fourth-order valence-electron chi connectivity index (χ4n) is 3.36. The minimum absolute atomic E-state index is 0.392. The predicted octanol–water partition coefficient (Wildman–Crippen LogP) is 3.04. The van der Waals surface area contributed by atoms with E-state index in [0.29, 0.717) is 25.1 Å². The number of aromatic nitrogens is 1. The summed E-state index contributed by atoms with van der Waals surface area (Å²) in [5, 5.41) is 9.03. The van der Waals surface area contributed by atoms with Crippen LogP contribution in [0.25, 0.3) is 0 Å². The van der Waals surface area contributed by atoms with E-state index in [-0.39, 0.29) is 0 Å². The molecule has 0 aromatic carbocycles. The lowest BCUT2D eigenvalue weighted by Gasteiger charge is -2.27. The average Bonchev–Trinajstić information content (AvgIpc) is 3.40. The molecule has 2 aromatic rings. The van der Waals surface area contributed by atoms with Crippen molar-refractivity contribution in [3.05, 3.63) is 46.3 Å². The van der Waals surface area contributed by atoms with E-state index in [0.717, 1.165) is 18.1 Å². The van der Waals surface area contributed by atoms with Crippen molar-refractivity contribution < 1.29 is 4.74 Å². The van der Waals surface area contributed by atoms with Crippen LogP contribution in [0.3, 0.4) is 0 Å². The highest BCUT2D eigenvalue weighted by Crippen LogP contribution is 2.27. The number of pyridine rings is 1. The van der Waals surface area contributed by atoms with Gasteiger partial charge in [-0.1, -0.05) is 12.1 Å². The lowest BCUT2D eigenvalue weighted by molar-refractivity contribution is 0.249. The Morgan fingerprint density at radius 1 is 1.30 bits per heavy atom. The summed E-state index contributed by atoms with van der Waals surface area (Å²) in [5.41, 5.74) is 1.02. The Labute approximate surface area is 165 Å². The molecule has 2 aromatic heterocycles. The minimum Gasteiger partial charge on any atom is -0.478 e. The zero-order valence-corrected chi connectivity index (χ0v) is 17.0. The summed E-state index contributed by atoms with van der Waals surface area (Å²) in [4.78, 5) is 12.7. The van der Waals surface area contributed by atoms with Gasteiger partial charge in [-0.05, 0) is 50.4 Å². The maximum absolute atomic E-state index is 5.60. The normalized spacial score (nSPS) is 16.3. The fourth-order valence-corrected chi connectivity index (χ4v) is 4.22. The van der Waals surface area contributed by atoms with Crippen LogP contribution in [0, 0.1) is 0 Å². The van der Waals surface area contributed by atoms with Crippen molar-refractivity contribution in [2.45, 2.75) is 32.4 Å². The maximum atomic E-state index is 5.60.